The topological polar surface area (TPSA) is 0 Å². The normalized spacial score (nSPS) is 15.4. The lowest BCUT2D eigenvalue weighted by Gasteiger charge is -2.05. The van der Waals surface area contributed by atoms with Gasteiger partial charge in [-0.3, -0.25) is 0 Å². The van der Waals surface area contributed by atoms with Crippen LogP contribution in [0.1, 0.15) is 91.9 Å². The van der Waals surface area contributed by atoms with Gasteiger partial charge >= 0.3 is 0 Å². The maximum absolute atomic E-state index is 2.18. The van der Waals surface area contributed by atoms with E-state index in [1.807, 2.05) is 0 Å². The van der Waals surface area contributed by atoms with Crippen molar-refractivity contribution in [1.29, 1.82) is 0 Å². The van der Waals surface area contributed by atoms with Crippen molar-refractivity contribution in [3.8, 4) is 0 Å². The van der Waals surface area contributed by atoms with Crippen LogP contribution in [-0.2, 0) is 0 Å². The summed E-state index contributed by atoms with van der Waals surface area (Å²) < 4.78 is 0. The summed E-state index contributed by atoms with van der Waals surface area (Å²) in [5.41, 5.74) is 0. The zero-order valence-corrected chi connectivity index (χ0v) is 11.1. The van der Waals surface area contributed by atoms with Crippen molar-refractivity contribution >= 4 is 0 Å². The Bertz CT molecular complexity index is 51.7. The second-order valence-corrected chi connectivity index (χ2v) is 4.18. The van der Waals surface area contributed by atoms with Crippen molar-refractivity contribution in [2.24, 2.45) is 0 Å². The van der Waals surface area contributed by atoms with Crippen LogP contribution < -0.4 is 0 Å². The molecule has 0 spiro atoms. The second kappa shape index (κ2) is 18.7. The largest absolute Gasteiger partial charge is 0.0656 e. The number of rotatable bonds is 1. The van der Waals surface area contributed by atoms with Gasteiger partial charge in [0.1, 0.15) is 0 Å². The molecule has 0 amide bonds. The van der Waals surface area contributed by atoms with E-state index in [0.717, 1.165) is 0 Å². The van der Waals surface area contributed by atoms with E-state index in [1.165, 1.54) is 64.2 Å². The van der Waals surface area contributed by atoms with Crippen LogP contribution in [0.25, 0.3) is 0 Å². The molecule has 0 aromatic carbocycles. The third-order valence-corrected chi connectivity index (χ3v) is 1.85. The Morgan fingerprint density at radius 3 is 0.643 bits per heavy atom. The molecule has 2 fully saturated rings. The van der Waals surface area contributed by atoms with Crippen molar-refractivity contribution in [3.05, 3.63) is 0 Å². The Hall–Kier alpha value is 0. The molecule has 0 bridgehead atoms. The SMILES string of the molecule is C1CC1.C1CCC1.CCC.CCCC. The summed E-state index contributed by atoms with van der Waals surface area (Å²) in [5, 5.41) is 0. The predicted octanol–water partition coefficient (Wildman–Crippen LogP) is 5.95. The molecule has 0 radical (unpaired) electrons. The van der Waals surface area contributed by atoms with Gasteiger partial charge in [0.25, 0.3) is 0 Å². The molecule has 0 aromatic heterocycles. The summed E-state index contributed by atoms with van der Waals surface area (Å²) in [5.74, 6) is 0. The van der Waals surface area contributed by atoms with Gasteiger partial charge in [0.05, 0.1) is 0 Å². The highest BCUT2D eigenvalue weighted by molar-refractivity contribution is 4.51. The molecule has 0 aliphatic heterocycles. The first-order valence-corrected chi connectivity index (χ1v) is 6.83. The van der Waals surface area contributed by atoms with Gasteiger partial charge in [0, 0.05) is 0 Å². The number of unbranched alkanes of at least 4 members (excludes halogenated alkanes) is 1. The minimum Gasteiger partial charge on any atom is -0.0656 e. The van der Waals surface area contributed by atoms with Gasteiger partial charge in [-0.15, -0.1) is 0 Å². The van der Waals surface area contributed by atoms with Gasteiger partial charge in [-0.05, 0) is 0 Å². The molecule has 2 aliphatic rings. The van der Waals surface area contributed by atoms with Gasteiger partial charge in [0.2, 0.25) is 0 Å². The van der Waals surface area contributed by atoms with E-state index >= 15 is 0 Å². The molecule has 0 heterocycles. The molecule has 0 N–H and O–H groups in total. The molecule has 2 rings (SSSR count). The fraction of sp³-hybridized carbons (Fsp3) is 1.00. The number of hydrogen-bond donors (Lipinski definition) is 0. The molecule has 2 aliphatic carbocycles. The van der Waals surface area contributed by atoms with Crippen LogP contribution in [0.4, 0.5) is 0 Å². The fourth-order valence-electron chi connectivity index (χ4n) is 0.250. The van der Waals surface area contributed by atoms with Gasteiger partial charge in [0.15, 0.2) is 0 Å². The second-order valence-electron chi connectivity index (χ2n) is 4.18. The highest BCUT2D eigenvalue weighted by Crippen LogP contribution is 2.15. The lowest BCUT2D eigenvalue weighted by Crippen LogP contribution is -1.85. The average Bonchev–Trinajstić information content (AvgIpc) is 2.87. The Kier molecular flexibility index (Phi) is 22.0. The first-order valence-electron chi connectivity index (χ1n) is 6.83. The maximum Gasteiger partial charge on any atom is -0.0533 e. The molecule has 0 heteroatoms. The van der Waals surface area contributed by atoms with E-state index in [1.54, 1.807) is 0 Å². The molecule has 0 unspecified atom stereocenters. The zero-order chi connectivity index (χ0) is 11.1. The van der Waals surface area contributed by atoms with Crippen molar-refractivity contribution in [1.82, 2.24) is 0 Å². The van der Waals surface area contributed by atoms with Crippen molar-refractivity contribution in [2.45, 2.75) is 91.9 Å². The summed E-state index contributed by atoms with van der Waals surface area (Å²) in [6.45, 7) is 8.61. The Morgan fingerprint density at radius 2 is 0.643 bits per heavy atom. The molecule has 88 valence electrons. The van der Waals surface area contributed by atoms with Crippen LogP contribution in [0, 0.1) is 0 Å². The molecule has 2 saturated carbocycles. The Balaban J connectivity index is 0. The maximum atomic E-state index is 2.18. The van der Waals surface area contributed by atoms with Gasteiger partial charge < -0.3 is 0 Å². The van der Waals surface area contributed by atoms with E-state index in [0.29, 0.717) is 0 Å². The van der Waals surface area contributed by atoms with Crippen molar-refractivity contribution in [2.75, 3.05) is 0 Å². The molecule has 0 atom stereocenters. The summed E-state index contributed by atoms with van der Waals surface area (Å²) in [4.78, 5) is 0. The Morgan fingerprint density at radius 1 is 0.500 bits per heavy atom. The quantitative estimate of drug-likeness (QED) is 0.490. The smallest absolute Gasteiger partial charge is 0.0533 e. The first kappa shape index (κ1) is 16.4. The lowest BCUT2D eigenvalue weighted by molar-refractivity contribution is 0.504. The van der Waals surface area contributed by atoms with Crippen molar-refractivity contribution < 1.29 is 0 Å². The zero-order valence-electron chi connectivity index (χ0n) is 11.1. The van der Waals surface area contributed by atoms with Crippen LogP contribution in [0.5, 0.6) is 0 Å². The van der Waals surface area contributed by atoms with Crippen molar-refractivity contribution in [3.63, 3.8) is 0 Å². The summed E-state index contributed by atoms with van der Waals surface area (Å²) in [7, 11) is 0. The molecular formula is C14H32. The fourth-order valence-corrected chi connectivity index (χ4v) is 0.250. The first-order chi connectivity index (χ1) is 6.83. The van der Waals surface area contributed by atoms with E-state index in [4.69, 9.17) is 0 Å². The minimum atomic E-state index is 1.25. The highest BCUT2D eigenvalue weighted by Gasteiger charge is 1.95. The molecule has 0 nitrogen and oxygen atoms in total. The van der Waals surface area contributed by atoms with Crippen LogP contribution in [-0.4, -0.2) is 0 Å². The molecule has 0 aromatic rings. The monoisotopic (exact) mass is 200 g/mol. The van der Waals surface area contributed by atoms with Crippen LogP contribution >= 0.6 is 0 Å². The summed E-state index contributed by atoms with van der Waals surface area (Å²) >= 11 is 0. The molecule has 14 heavy (non-hydrogen) atoms. The van der Waals surface area contributed by atoms with E-state index < -0.39 is 0 Å². The predicted molar refractivity (Wildman–Crippen MR) is 68.9 cm³/mol. The molecular weight excluding hydrogens is 168 g/mol. The lowest BCUT2D eigenvalue weighted by atomic mass is 10.0. The van der Waals surface area contributed by atoms with Gasteiger partial charge in [-0.2, -0.15) is 0 Å². The number of hydrogen-bond acceptors (Lipinski definition) is 0. The highest BCUT2D eigenvalue weighted by atomic mass is 14.0. The van der Waals surface area contributed by atoms with Crippen LogP contribution in [0.15, 0.2) is 0 Å². The van der Waals surface area contributed by atoms with E-state index in [2.05, 4.69) is 27.7 Å². The summed E-state index contributed by atoms with van der Waals surface area (Å²) in [6.07, 6.45) is 14.4. The Labute approximate surface area is 92.5 Å². The van der Waals surface area contributed by atoms with Gasteiger partial charge in [-0.1, -0.05) is 91.9 Å². The van der Waals surface area contributed by atoms with Crippen LogP contribution in [0.2, 0.25) is 0 Å². The standard InChI is InChI=1S/C4H8.C4H10.C3H6.C3H8/c1-2-4-3-1;1-3-4-2;1-2-3-1;1-3-2/h1-4H2;3-4H2,1-2H3;1-3H2;3H2,1-2H3. The minimum absolute atomic E-state index is 1.25. The third-order valence-electron chi connectivity index (χ3n) is 1.85. The summed E-state index contributed by atoms with van der Waals surface area (Å²) in [6, 6.07) is 0. The van der Waals surface area contributed by atoms with E-state index in [-0.39, 0.29) is 0 Å². The van der Waals surface area contributed by atoms with Crippen LogP contribution in [0.3, 0.4) is 0 Å². The van der Waals surface area contributed by atoms with Gasteiger partial charge in [-0.25, -0.2) is 0 Å². The average molecular weight is 200 g/mol. The molecule has 0 saturated heterocycles. The third kappa shape index (κ3) is 40.3. The van der Waals surface area contributed by atoms with E-state index in [9.17, 15) is 0 Å².